The van der Waals surface area contributed by atoms with Gasteiger partial charge < -0.3 is 10.4 Å². The minimum Gasteiger partial charge on any atom is -0.394 e. The Morgan fingerprint density at radius 1 is 1.53 bits per heavy atom. The first-order chi connectivity index (χ1) is 7.20. The van der Waals surface area contributed by atoms with Gasteiger partial charge in [0.1, 0.15) is 5.82 Å². The van der Waals surface area contributed by atoms with Crippen LogP contribution in [-0.4, -0.2) is 17.8 Å². The van der Waals surface area contributed by atoms with Crippen molar-refractivity contribution in [2.45, 2.75) is 31.8 Å². The first-order valence-electron chi connectivity index (χ1n) is 5.33. The number of hydrogen-bond donors (Lipinski definition) is 2. The monoisotopic (exact) mass is 209 g/mol. The Labute approximate surface area is 89.1 Å². The van der Waals surface area contributed by atoms with Crippen LogP contribution in [0.4, 0.5) is 4.39 Å². The van der Waals surface area contributed by atoms with E-state index >= 15 is 0 Å². The summed E-state index contributed by atoms with van der Waals surface area (Å²) in [6, 6.07) is 5.19. The first kappa shape index (κ1) is 10.6. The van der Waals surface area contributed by atoms with E-state index in [0.717, 1.165) is 18.4 Å². The van der Waals surface area contributed by atoms with Crippen LogP contribution in [-0.2, 0) is 0 Å². The fourth-order valence-corrected chi connectivity index (χ4v) is 1.71. The second-order valence-electron chi connectivity index (χ2n) is 4.20. The summed E-state index contributed by atoms with van der Waals surface area (Å²) in [7, 11) is 0. The number of aliphatic hydroxyl groups excluding tert-OH is 1. The van der Waals surface area contributed by atoms with Crippen molar-refractivity contribution in [2.24, 2.45) is 0 Å². The van der Waals surface area contributed by atoms with E-state index in [4.69, 9.17) is 0 Å². The van der Waals surface area contributed by atoms with Crippen LogP contribution in [0.15, 0.2) is 18.2 Å². The number of rotatable bonds is 4. The lowest BCUT2D eigenvalue weighted by Crippen LogP contribution is -2.27. The Morgan fingerprint density at radius 2 is 2.27 bits per heavy atom. The van der Waals surface area contributed by atoms with Gasteiger partial charge in [-0.15, -0.1) is 0 Å². The molecule has 1 aliphatic rings. The first-order valence-corrected chi connectivity index (χ1v) is 5.33. The zero-order valence-corrected chi connectivity index (χ0v) is 8.83. The molecule has 1 fully saturated rings. The quantitative estimate of drug-likeness (QED) is 0.794. The van der Waals surface area contributed by atoms with Crippen molar-refractivity contribution in [1.29, 1.82) is 0 Å². The third-order valence-electron chi connectivity index (χ3n) is 2.72. The molecule has 1 aliphatic carbocycles. The van der Waals surface area contributed by atoms with Crippen LogP contribution in [0.2, 0.25) is 0 Å². The fraction of sp³-hybridized carbons (Fsp3) is 0.500. The van der Waals surface area contributed by atoms with E-state index in [2.05, 4.69) is 5.32 Å². The number of nitrogens with one attached hydrogen (secondary N) is 1. The van der Waals surface area contributed by atoms with Crippen LogP contribution in [0.3, 0.4) is 0 Å². The molecule has 0 bridgehead atoms. The zero-order chi connectivity index (χ0) is 10.8. The van der Waals surface area contributed by atoms with Crippen LogP contribution in [0.25, 0.3) is 0 Å². The minimum atomic E-state index is -0.266. The van der Waals surface area contributed by atoms with Crippen molar-refractivity contribution >= 4 is 0 Å². The second-order valence-corrected chi connectivity index (χ2v) is 4.20. The molecule has 0 saturated heterocycles. The summed E-state index contributed by atoms with van der Waals surface area (Å²) < 4.78 is 13.5. The summed E-state index contributed by atoms with van der Waals surface area (Å²) in [5.41, 5.74) is 1.59. The molecular formula is C12H16FNO. The number of benzene rings is 1. The van der Waals surface area contributed by atoms with Crippen molar-refractivity contribution in [3.63, 3.8) is 0 Å². The van der Waals surface area contributed by atoms with E-state index in [1.165, 1.54) is 6.07 Å². The summed E-state index contributed by atoms with van der Waals surface area (Å²) in [5, 5.41) is 12.5. The van der Waals surface area contributed by atoms with Crippen LogP contribution in [0, 0.1) is 12.7 Å². The van der Waals surface area contributed by atoms with Gasteiger partial charge in [0.05, 0.1) is 12.6 Å². The Morgan fingerprint density at radius 3 is 2.87 bits per heavy atom. The van der Waals surface area contributed by atoms with Gasteiger partial charge in [-0.2, -0.15) is 0 Å². The fourth-order valence-electron chi connectivity index (χ4n) is 1.71. The lowest BCUT2D eigenvalue weighted by molar-refractivity contribution is 0.240. The molecule has 0 amide bonds. The van der Waals surface area contributed by atoms with E-state index in [-0.39, 0.29) is 18.5 Å². The maximum atomic E-state index is 13.5. The predicted molar refractivity (Wildman–Crippen MR) is 57.1 cm³/mol. The van der Waals surface area contributed by atoms with Gasteiger partial charge in [0.25, 0.3) is 0 Å². The van der Waals surface area contributed by atoms with Crippen LogP contribution in [0.1, 0.15) is 30.0 Å². The van der Waals surface area contributed by atoms with E-state index < -0.39 is 0 Å². The summed E-state index contributed by atoms with van der Waals surface area (Å²) in [6.07, 6.45) is 2.26. The van der Waals surface area contributed by atoms with Gasteiger partial charge in [-0.25, -0.2) is 4.39 Å². The Bertz CT molecular complexity index is 349. The molecule has 1 atom stereocenters. The van der Waals surface area contributed by atoms with Gasteiger partial charge in [-0.3, -0.25) is 0 Å². The highest BCUT2D eigenvalue weighted by Gasteiger charge is 2.26. The molecule has 2 nitrogen and oxygen atoms in total. The smallest absolute Gasteiger partial charge is 0.128 e. The highest BCUT2D eigenvalue weighted by molar-refractivity contribution is 5.27. The van der Waals surface area contributed by atoms with E-state index in [9.17, 15) is 9.50 Å². The average Bonchev–Trinajstić information content (AvgIpc) is 3.02. The number of halogens is 1. The average molecular weight is 209 g/mol. The lowest BCUT2D eigenvalue weighted by atomic mass is 10.0. The lowest BCUT2D eigenvalue weighted by Gasteiger charge is -2.17. The Hall–Kier alpha value is -0.930. The standard InChI is InChI=1S/C12H16FNO/c1-8-2-5-11(13)10(6-8)12(7-15)14-9-3-4-9/h2,5-6,9,12,14-15H,3-4,7H2,1H3. The Balaban J connectivity index is 2.19. The molecule has 15 heavy (non-hydrogen) atoms. The van der Waals surface area contributed by atoms with Crippen molar-refractivity contribution in [3.05, 3.63) is 35.1 Å². The minimum absolute atomic E-state index is 0.0587. The van der Waals surface area contributed by atoms with Gasteiger partial charge in [0.15, 0.2) is 0 Å². The van der Waals surface area contributed by atoms with Crippen molar-refractivity contribution in [1.82, 2.24) is 5.32 Å². The zero-order valence-electron chi connectivity index (χ0n) is 8.83. The molecule has 82 valence electrons. The molecule has 2 N–H and O–H groups in total. The summed E-state index contributed by atoms with van der Waals surface area (Å²) in [6.45, 7) is 1.87. The van der Waals surface area contributed by atoms with E-state index in [0.29, 0.717) is 11.6 Å². The van der Waals surface area contributed by atoms with E-state index in [1.807, 2.05) is 6.92 Å². The summed E-state index contributed by atoms with van der Waals surface area (Å²) in [4.78, 5) is 0. The summed E-state index contributed by atoms with van der Waals surface area (Å²) >= 11 is 0. The van der Waals surface area contributed by atoms with Gasteiger partial charge >= 0.3 is 0 Å². The maximum Gasteiger partial charge on any atom is 0.128 e. The normalized spacial score (nSPS) is 17.8. The number of hydrogen-bond acceptors (Lipinski definition) is 2. The topological polar surface area (TPSA) is 32.3 Å². The molecule has 0 aromatic heterocycles. The molecule has 1 aromatic carbocycles. The highest BCUT2D eigenvalue weighted by Crippen LogP contribution is 2.25. The van der Waals surface area contributed by atoms with Crippen LogP contribution < -0.4 is 5.32 Å². The van der Waals surface area contributed by atoms with Crippen molar-refractivity contribution < 1.29 is 9.50 Å². The Kier molecular flexibility index (Phi) is 3.03. The molecule has 2 rings (SSSR count). The van der Waals surface area contributed by atoms with E-state index in [1.54, 1.807) is 12.1 Å². The molecule has 0 heterocycles. The molecular weight excluding hydrogens is 193 g/mol. The number of aliphatic hydroxyl groups is 1. The molecule has 1 saturated carbocycles. The highest BCUT2D eigenvalue weighted by atomic mass is 19.1. The molecule has 1 unspecified atom stereocenters. The summed E-state index contributed by atoms with van der Waals surface area (Å²) in [5.74, 6) is -0.243. The molecule has 3 heteroatoms. The third kappa shape index (κ3) is 2.55. The maximum absolute atomic E-state index is 13.5. The molecule has 0 aliphatic heterocycles. The molecule has 0 spiro atoms. The molecule has 0 radical (unpaired) electrons. The van der Waals surface area contributed by atoms with Crippen LogP contribution >= 0.6 is 0 Å². The third-order valence-corrected chi connectivity index (χ3v) is 2.72. The molecule has 1 aromatic rings. The van der Waals surface area contributed by atoms with Gasteiger partial charge in [-0.05, 0) is 25.8 Å². The van der Waals surface area contributed by atoms with Crippen molar-refractivity contribution in [2.75, 3.05) is 6.61 Å². The SMILES string of the molecule is Cc1ccc(F)c(C(CO)NC2CC2)c1. The number of aryl methyl sites for hydroxylation is 1. The van der Waals surface area contributed by atoms with Gasteiger partial charge in [0, 0.05) is 11.6 Å². The van der Waals surface area contributed by atoms with Gasteiger partial charge in [0.2, 0.25) is 0 Å². The van der Waals surface area contributed by atoms with Crippen molar-refractivity contribution in [3.8, 4) is 0 Å². The van der Waals surface area contributed by atoms with Crippen LogP contribution in [0.5, 0.6) is 0 Å². The van der Waals surface area contributed by atoms with Gasteiger partial charge in [-0.1, -0.05) is 17.7 Å². The predicted octanol–water partition coefficient (Wildman–Crippen LogP) is 1.92. The second kappa shape index (κ2) is 4.29. The largest absolute Gasteiger partial charge is 0.394 e.